The number of ether oxygens (including phenoxy) is 1. The summed E-state index contributed by atoms with van der Waals surface area (Å²) in [5.41, 5.74) is 1.80. The van der Waals surface area contributed by atoms with Gasteiger partial charge in [-0.15, -0.1) is 0 Å². The van der Waals surface area contributed by atoms with E-state index in [4.69, 9.17) is 4.74 Å². The summed E-state index contributed by atoms with van der Waals surface area (Å²) in [5, 5.41) is 16.4. The summed E-state index contributed by atoms with van der Waals surface area (Å²) in [4.78, 5) is 11.9. The molecule has 0 radical (unpaired) electrons. The molecule has 2 rings (SSSR count). The van der Waals surface area contributed by atoms with Crippen molar-refractivity contribution < 1.29 is 14.6 Å². The molecular formula is C18H27N3O3. The first-order valence-corrected chi connectivity index (χ1v) is 8.39. The largest absolute Gasteiger partial charge is 0.389 e. The van der Waals surface area contributed by atoms with Gasteiger partial charge in [-0.3, -0.25) is 0 Å². The highest BCUT2D eigenvalue weighted by Gasteiger charge is 2.09. The molecule has 2 amide bonds. The lowest BCUT2D eigenvalue weighted by molar-refractivity contribution is 0.0274. The Balaban J connectivity index is 1.81. The van der Waals surface area contributed by atoms with Crippen LogP contribution in [0, 0.1) is 5.92 Å². The zero-order chi connectivity index (χ0) is 17.5. The Bertz CT molecular complexity index is 667. The molecule has 24 heavy (non-hydrogen) atoms. The van der Waals surface area contributed by atoms with E-state index in [9.17, 15) is 9.90 Å². The van der Waals surface area contributed by atoms with Gasteiger partial charge in [0, 0.05) is 31.6 Å². The Labute approximate surface area is 142 Å². The molecule has 0 aliphatic rings. The van der Waals surface area contributed by atoms with Gasteiger partial charge in [-0.25, -0.2) is 4.79 Å². The molecule has 0 saturated carbocycles. The van der Waals surface area contributed by atoms with Gasteiger partial charge < -0.3 is 25.0 Å². The van der Waals surface area contributed by atoms with Crippen molar-refractivity contribution in [2.75, 3.05) is 25.1 Å². The minimum Gasteiger partial charge on any atom is -0.389 e. The van der Waals surface area contributed by atoms with Crippen LogP contribution in [0.4, 0.5) is 10.5 Å². The van der Waals surface area contributed by atoms with Crippen LogP contribution in [0.15, 0.2) is 30.5 Å². The van der Waals surface area contributed by atoms with Gasteiger partial charge in [0.05, 0.1) is 18.2 Å². The van der Waals surface area contributed by atoms with E-state index < -0.39 is 6.10 Å². The van der Waals surface area contributed by atoms with Gasteiger partial charge >= 0.3 is 6.03 Å². The predicted molar refractivity (Wildman–Crippen MR) is 96.3 cm³/mol. The average Bonchev–Trinajstić information content (AvgIpc) is 2.95. The summed E-state index contributed by atoms with van der Waals surface area (Å²) in [5.74, 6) is 0.422. The number of aliphatic hydroxyl groups excluding tert-OH is 1. The van der Waals surface area contributed by atoms with Crippen molar-refractivity contribution >= 4 is 22.6 Å². The van der Waals surface area contributed by atoms with E-state index in [1.165, 1.54) is 0 Å². The van der Waals surface area contributed by atoms with Crippen LogP contribution in [0.2, 0.25) is 0 Å². The molecule has 3 N–H and O–H groups in total. The molecule has 2 aromatic rings. The lowest BCUT2D eigenvalue weighted by atomic mass is 10.2. The number of rotatable bonds is 8. The van der Waals surface area contributed by atoms with Crippen molar-refractivity contribution in [3.63, 3.8) is 0 Å². The predicted octanol–water partition coefficient (Wildman–Crippen LogP) is 2.82. The van der Waals surface area contributed by atoms with Gasteiger partial charge in [0.1, 0.15) is 0 Å². The Hall–Kier alpha value is -2.05. The third-order valence-electron chi connectivity index (χ3n) is 3.63. The number of aromatic nitrogens is 1. The molecule has 1 aromatic carbocycles. The number of aryl methyl sites for hydroxylation is 1. The van der Waals surface area contributed by atoms with Crippen molar-refractivity contribution in [2.24, 2.45) is 5.92 Å². The second-order valence-corrected chi connectivity index (χ2v) is 6.30. The molecule has 132 valence electrons. The van der Waals surface area contributed by atoms with Gasteiger partial charge in [0.15, 0.2) is 0 Å². The second kappa shape index (κ2) is 8.70. The number of anilines is 1. The standard InChI is InChI=1S/C18H27N3O3/c1-4-21-8-7-14-5-6-15(9-17(14)21)20-18(23)19-10-16(22)12-24-11-13(2)3/h5-9,13,16,22H,4,10-12H2,1-3H3,(H2,19,20,23). The normalized spacial score (nSPS) is 12.5. The van der Waals surface area contributed by atoms with Crippen molar-refractivity contribution in [2.45, 2.75) is 33.4 Å². The maximum atomic E-state index is 11.9. The van der Waals surface area contributed by atoms with Crippen LogP contribution in [-0.2, 0) is 11.3 Å². The summed E-state index contributed by atoms with van der Waals surface area (Å²) >= 11 is 0. The van der Waals surface area contributed by atoms with Crippen molar-refractivity contribution in [1.29, 1.82) is 0 Å². The number of urea groups is 1. The van der Waals surface area contributed by atoms with Crippen LogP contribution in [0.1, 0.15) is 20.8 Å². The number of aliphatic hydroxyl groups is 1. The van der Waals surface area contributed by atoms with E-state index in [1.807, 2.05) is 38.2 Å². The molecule has 0 aliphatic heterocycles. The Morgan fingerprint density at radius 3 is 2.79 bits per heavy atom. The van der Waals surface area contributed by atoms with Gasteiger partial charge in [-0.1, -0.05) is 19.9 Å². The Kier molecular flexibility index (Phi) is 6.63. The van der Waals surface area contributed by atoms with Crippen LogP contribution in [-0.4, -0.2) is 41.6 Å². The quantitative estimate of drug-likeness (QED) is 0.695. The van der Waals surface area contributed by atoms with Gasteiger partial charge in [-0.05, 0) is 36.4 Å². The zero-order valence-corrected chi connectivity index (χ0v) is 14.6. The molecule has 1 aromatic heterocycles. The lowest BCUT2D eigenvalue weighted by Crippen LogP contribution is -2.37. The first-order valence-electron chi connectivity index (χ1n) is 8.39. The summed E-state index contributed by atoms with van der Waals surface area (Å²) in [6, 6.07) is 7.50. The molecular weight excluding hydrogens is 306 g/mol. The monoisotopic (exact) mass is 333 g/mol. The number of nitrogens with zero attached hydrogens (tertiary/aromatic N) is 1. The Morgan fingerprint density at radius 2 is 2.08 bits per heavy atom. The number of carbonyl (C=O) groups excluding carboxylic acids is 1. The van der Waals surface area contributed by atoms with Crippen LogP contribution >= 0.6 is 0 Å². The summed E-state index contributed by atoms with van der Waals surface area (Å²) in [7, 11) is 0. The third kappa shape index (κ3) is 5.25. The fraction of sp³-hybridized carbons (Fsp3) is 0.500. The van der Waals surface area contributed by atoms with Crippen LogP contribution in [0.25, 0.3) is 10.9 Å². The number of carbonyl (C=O) groups is 1. The van der Waals surface area contributed by atoms with Crippen LogP contribution in [0.3, 0.4) is 0 Å². The van der Waals surface area contributed by atoms with Crippen molar-refractivity contribution in [3.8, 4) is 0 Å². The van der Waals surface area contributed by atoms with E-state index >= 15 is 0 Å². The van der Waals surface area contributed by atoms with Crippen molar-refractivity contribution in [3.05, 3.63) is 30.5 Å². The summed E-state index contributed by atoms with van der Waals surface area (Å²) < 4.78 is 7.47. The van der Waals surface area contributed by atoms with E-state index in [1.54, 1.807) is 0 Å². The molecule has 1 atom stereocenters. The minimum absolute atomic E-state index is 0.150. The maximum Gasteiger partial charge on any atom is 0.319 e. The van der Waals surface area contributed by atoms with Crippen LogP contribution in [0.5, 0.6) is 0 Å². The Morgan fingerprint density at radius 1 is 1.29 bits per heavy atom. The van der Waals surface area contributed by atoms with Gasteiger partial charge in [-0.2, -0.15) is 0 Å². The fourth-order valence-corrected chi connectivity index (χ4v) is 2.42. The second-order valence-electron chi connectivity index (χ2n) is 6.30. The number of amides is 2. The number of fused-ring (bicyclic) bond motifs is 1. The molecule has 0 bridgehead atoms. The smallest absolute Gasteiger partial charge is 0.319 e. The van der Waals surface area contributed by atoms with E-state index in [-0.39, 0.29) is 19.2 Å². The number of nitrogens with one attached hydrogen (secondary N) is 2. The molecule has 0 fully saturated rings. The molecule has 0 saturated heterocycles. The molecule has 1 heterocycles. The summed E-state index contributed by atoms with van der Waals surface area (Å²) in [6.07, 6.45) is 1.32. The average molecular weight is 333 g/mol. The minimum atomic E-state index is -0.714. The molecule has 0 spiro atoms. The third-order valence-corrected chi connectivity index (χ3v) is 3.63. The van der Waals surface area contributed by atoms with E-state index in [2.05, 4.69) is 28.2 Å². The molecule has 1 unspecified atom stereocenters. The number of hydrogen-bond acceptors (Lipinski definition) is 3. The topological polar surface area (TPSA) is 75.5 Å². The molecule has 0 aliphatic carbocycles. The van der Waals surface area contributed by atoms with Gasteiger partial charge in [0.2, 0.25) is 0 Å². The van der Waals surface area contributed by atoms with Gasteiger partial charge in [0.25, 0.3) is 0 Å². The number of hydrogen-bond donors (Lipinski definition) is 3. The fourth-order valence-electron chi connectivity index (χ4n) is 2.42. The highest BCUT2D eigenvalue weighted by molar-refractivity contribution is 5.92. The SMILES string of the molecule is CCn1ccc2ccc(NC(=O)NCC(O)COCC(C)C)cc21. The lowest BCUT2D eigenvalue weighted by Gasteiger charge is -2.14. The maximum absolute atomic E-state index is 11.9. The first-order chi connectivity index (χ1) is 11.5. The van der Waals surface area contributed by atoms with E-state index in [0.717, 1.165) is 23.1 Å². The highest BCUT2D eigenvalue weighted by Crippen LogP contribution is 2.20. The molecule has 6 nitrogen and oxygen atoms in total. The van der Waals surface area contributed by atoms with Crippen molar-refractivity contribution in [1.82, 2.24) is 9.88 Å². The number of benzene rings is 1. The highest BCUT2D eigenvalue weighted by atomic mass is 16.5. The first kappa shape index (κ1) is 18.3. The summed E-state index contributed by atoms with van der Waals surface area (Å²) in [6.45, 7) is 8.01. The van der Waals surface area contributed by atoms with Crippen LogP contribution < -0.4 is 10.6 Å². The van der Waals surface area contributed by atoms with E-state index in [0.29, 0.717) is 12.5 Å². The molecule has 6 heteroatoms. The zero-order valence-electron chi connectivity index (χ0n) is 14.6.